The van der Waals surface area contributed by atoms with Crippen molar-refractivity contribution in [2.45, 2.75) is 30.7 Å². The van der Waals surface area contributed by atoms with E-state index in [2.05, 4.69) is 5.32 Å². The van der Waals surface area contributed by atoms with Crippen LogP contribution >= 0.6 is 0 Å². The molecule has 2 heterocycles. The first kappa shape index (κ1) is 16.9. The van der Waals surface area contributed by atoms with Crippen LogP contribution in [0.1, 0.15) is 0 Å². The topological polar surface area (TPSA) is 121 Å². The third kappa shape index (κ3) is 3.28. The summed E-state index contributed by atoms with van der Waals surface area (Å²) in [6.45, 7) is 0.160. The predicted molar refractivity (Wildman–Crippen MR) is 84.7 cm³/mol. The van der Waals surface area contributed by atoms with Crippen LogP contribution in [-0.4, -0.2) is 59.7 Å². The Balaban J connectivity index is 1.71. The largest absolute Gasteiger partial charge is 0.423 e. The summed E-state index contributed by atoms with van der Waals surface area (Å²) in [5.74, 6) is 0. The fraction of sp³-hybridized carbons (Fsp3) is 0.438. The number of fused-ring (bicyclic) bond motifs is 1. The SMILES string of the molecule is CO[C@H]1OC(CNc2ccc3ccc(=O)oc3c2)[C@@H](O)C(O)[C@H]1O. The molecule has 4 N–H and O–H groups in total. The van der Waals surface area contributed by atoms with Gasteiger partial charge in [-0.25, -0.2) is 4.79 Å². The zero-order chi connectivity index (χ0) is 17.3. The number of rotatable bonds is 4. The second kappa shape index (κ2) is 6.88. The maximum atomic E-state index is 11.3. The molecular formula is C16H19NO7. The second-order valence-electron chi connectivity index (χ2n) is 5.64. The number of aliphatic hydroxyl groups is 3. The third-order valence-electron chi connectivity index (χ3n) is 4.03. The summed E-state index contributed by atoms with van der Waals surface area (Å²) < 4.78 is 15.5. The average Bonchev–Trinajstić information content (AvgIpc) is 2.58. The Labute approximate surface area is 137 Å². The van der Waals surface area contributed by atoms with Gasteiger partial charge in [-0.05, 0) is 18.2 Å². The van der Waals surface area contributed by atoms with E-state index in [0.717, 1.165) is 5.39 Å². The van der Waals surface area contributed by atoms with Crippen LogP contribution in [-0.2, 0) is 9.47 Å². The fourth-order valence-electron chi connectivity index (χ4n) is 2.67. The number of aliphatic hydroxyl groups excluding tert-OH is 3. The first-order chi connectivity index (χ1) is 11.5. The summed E-state index contributed by atoms with van der Waals surface area (Å²) in [5, 5.41) is 33.4. The van der Waals surface area contributed by atoms with Crippen molar-refractivity contribution in [3.8, 4) is 0 Å². The van der Waals surface area contributed by atoms with E-state index in [1.807, 2.05) is 0 Å². The molecule has 1 fully saturated rings. The Morgan fingerprint density at radius 3 is 2.62 bits per heavy atom. The maximum absolute atomic E-state index is 11.3. The number of benzene rings is 1. The number of anilines is 1. The number of nitrogens with one attached hydrogen (secondary N) is 1. The Hall–Kier alpha value is -1.97. The molecule has 1 aromatic heterocycles. The molecule has 1 aromatic carbocycles. The lowest BCUT2D eigenvalue weighted by atomic mass is 9.99. The van der Waals surface area contributed by atoms with Crippen molar-refractivity contribution in [2.24, 2.45) is 0 Å². The minimum atomic E-state index is -1.37. The number of hydrogen-bond acceptors (Lipinski definition) is 8. The van der Waals surface area contributed by atoms with Crippen molar-refractivity contribution < 1.29 is 29.2 Å². The summed E-state index contributed by atoms with van der Waals surface area (Å²) in [6, 6.07) is 8.25. The molecule has 0 radical (unpaired) electrons. The lowest BCUT2D eigenvalue weighted by molar-refractivity contribution is -0.286. The van der Waals surface area contributed by atoms with Crippen LogP contribution in [0.2, 0.25) is 0 Å². The summed E-state index contributed by atoms with van der Waals surface area (Å²) >= 11 is 0. The molecule has 0 saturated carbocycles. The summed E-state index contributed by atoms with van der Waals surface area (Å²) in [5.41, 5.74) is 0.649. The molecule has 8 nitrogen and oxygen atoms in total. The molecule has 24 heavy (non-hydrogen) atoms. The molecule has 0 amide bonds. The Morgan fingerprint density at radius 2 is 1.88 bits per heavy atom. The van der Waals surface area contributed by atoms with Crippen molar-refractivity contribution in [3.05, 3.63) is 40.8 Å². The van der Waals surface area contributed by atoms with Gasteiger partial charge in [0.1, 0.15) is 30.0 Å². The molecule has 2 aromatic rings. The van der Waals surface area contributed by atoms with Gasteiger partial charge in [-0.15, -0.1) is 0 Å². The Bertz CT molecular complexity index is 759. The van der Waals surface area contributed by atoms with E-state index in [-0.39, 0.29) is 6.54 Å². The van der Waals surface area contributed by atoms with Crippen LogP contribution in [0.3, 0.4) is 0 Å². The van der Waals surface area contributed by atoms with E-state index in [9.17, 15) is 20.1 Å². The van der Waals surface area contributed by atoms with Gasteiger partial charge >= 0.3 is 5.63 Å². The van der Waals surface area contributed by atoms with Crippen LogP contribution in [0.4, 0.5) is 5.69 Å². The van der Waals surface area contributed by atoms with Crippen LogP contribution in [0, 0.1) is 0 Å². The Morgan fingerprint density at radius 1 is 1.12 bits per heavy atom. The van der Waals surface area contributed by atoms with Gasteiger partial charge in [-0.3, -0.25) is 0 Å². The minimum Gasteiger partial charge on any atom is -0.423 e. The third-order valence-corrected chi connectivity index (χ3v) is 4.03. The maximum Gasteiger partial charge on any atom is 0.336 e. The molecule has 130 valence electrons. The van der Waals surface area contributed by atoms with Gasteiger partial charge in [-0.1, -0.05) is 0 Å². The molecule has 0 bridgehead atoms. The second-order valence-corrected chi connectivity index (χ2v) is 5.64. The van der Waals surface area contributed by atoms with Crippen molar-refractivity contribution in [1.82, 2.24) is 0 Å². The number of ether oxygens (including phenoxy) is 2. The molecule has 3 rings (SSSR count). The zero-order valence-electron chi connectivity index (χ0n) is 13.0. The molecule has 1 saturated heterocycles. The normalized spacial score (nSPS) is 30.4. The van der Waals surface area contributed by atoms with Gasteiger partial charge in [0.15, 0.2) is 6.29 Å². The van der Waals surface area contributed by atoms with Crippen molar-refractivity contribution in [3.63, 3.8) is 0 Å². The van der Waals surface area contributed by atoms with Crippen LogP contribution in [0.5, 0.6) is 0 Å². The molecule has 8 heteroatoms. The number of hydrogen-bond donors (Lipinski definition) is 4. The molecular weight excluding hydrogens is 318 g/mol. The Kier molecular flexibility index (Phi) is 4.83. The van der Waals surface area contributed by atoms with Gasteiger partial charge < -0.3 is 34.5 Å². The van der Waals surface area contributed by atoms with Gasteiger partial charge in [0.2, 0.25) is 0 Å². The molecule has 2 unspecified atom stereocenters. The van der Waals surface area contributed by atoms with E-state index in [0.29, 0.717) is 11.3 Å². The first-order valence-electron chi connectivity index (χ1n) is 7.50. The highest BCUT2D eigenvalue weighted by molar-refractivity contribution is 5.80. The standard InChI is InChI=1S/C16H19NO7/c1-22-16-15(21)14(20)13(19)11(24-16)7-17-9-4-2-8-3-5-12(18)23-10(8)6-9/h2-6,11,13-17,19-21H,7H2,1H3/t11?,13-,14?,15-,16+/m1/s1. The highest BCUT2D eigenvalue weighted by Gasteiger charge is 2.43. The summed E-state index contributed by atoms with van der Waals surface area (Å²) in [4.78, 5) is 11.3. The van der Waals surface area contributed by atoms with E-state index >= 15 is 0 Å². The van der Waals surface area contributed by atoms with Gasteiger partial charge in [-0.2, -0.15) is 0 Å². The monoisotopic (exact) mass is 337 g/mol. The smallest absolute Gasteiger partial charge is 0.336 e. The van der Waals surface area contributed by atoms with Gasteiger partial charge in [0, 0.05) is 36.9 Å². The van der Waals surface area contributed by atoms with Crippen LogP contribution in [0.15, 0.2) is 39.5 Å². The van der Waals surface area contributed by atoms with Crippen LogP contribution in [0.25, 0.3) is 11.0 Å². The highest BCUT2D eigenvalue weighted by atomic mass is 16.7. The predicted octanol–water partition coefficient (Wildman–Crippen LogP) is -0.341. The quantitative estimate of drug-likeness (QED) is 0.559. The molecule has 1 aliphatic heterocycles. The summed E-state index contributed by atoms with van der Waals surface area (Å²) in [6.07, 6.45) is -5.77. The van der Waals surface area contributed by atoms with E-state index in [1.54, 1.807) is 24.3 Å². The number of methoxy groups -OCH3 is 1. The van der Waals surface area contributed by atoms with Crippen molar-refractivity contribution >= 4 is 16.7 Å². The van der Waals surface area contributed by atoms with Gasteiger partial charge in [0.25, 0.3) is 0 Å². The molecule has 0 spiro atoms. The molecule has 0 aliphatic carbocycles. The zero-order valence-corrected chi connectivity index (χ0v) is 13.0. The highest BCUT2D eigenvalue weighted by Crippen LogP contribution is 2.23. The van der Waals surface area contributed by atoms with Gasteiger partial charge in [0.05, 0.1) is 0 Å². The fourth-order valence-corrected chi connectivity index (χ4v) is 2.67. The van der Waals surface area contributed by atoms with Crippen LogP contribution < -0.4 is 10.9 Å². The van der Waals surface area contributed by atoms with E-state index in [1.165, 1.54) is 13.2 Å². The average molecular weight is 337 g/mol. The molecule has 5 atom stereocenters. The van der Waals surface area contributed by atoms with E-state index < -0.39 is 36.3 Å². The van der Waals surface area contributed by atoms with Crippen molar-refractivity contribution in [2.75, 3.05) is 19.0 Å². The minimum absolute atomic E-state index is 0.160. The summed E-state index contributed by atoms with van der Waals surface area (Å²) in [7, 11) is 1.34. The lowest BCUT2D eigenvalue weighted by Crippen LogP contribution is -2.59. The van der Waals surface area contributed by atoms with E-state index in [4.69, 9.17) is 13.9 Å². The first-order valence-corrected chi connectivity index (χ1v) is 7.50. The van der Waals surface area contributed by atoms with Crippen molar-refractivity contribution in [1.29, 1.82) is 0 Å². The lowest BCUT2D eigenvalue weighted by Gasteiger charge is -2.39. The molecule has 1 aliphatic rings.